The summed E-state index contributed by atoms with van der Waals surface area (Å²) in [6.07, 6.45) is -12.0. The van der Waals surface area contributed by atoms with Crippen LogP contribution in [-0.4, -0.2) is 53.6 Å². The van der Waals surface area contributed by atoms with Gasteiger partial charge in [0.1, 0.15) is 11.6 Å². The number of rotatable bonds is 5. The van der Waals surface area contributed by atoms with Crippen LogP contribution in [0.25, 0.3) is 0 Å². The number of sulfone groups is 1. The summed E-state index contributed by atoms with van der Waals surface area (Å²) in [6, 6.07) is 4.95. The van der Waals surface area contributed by atoms with E-state index in [0.717, 1.165) is 17.0 Å². The van der Waals surface area contributed by atoms with E-state index >= 15 is 0 Å². The van der Waals surface area contributed by atoms with Crippen molar-refractivity contribution in [3.63, 3.8) is 0 Å². The Morgan fingerprint density at radius 3 is 2.00 bits per heavy atom. The molecular weight excluding hydrogens is 582 g/mol. The number of nitrogens with zero attached hydrogens (tertiary/aromatic N) is 1. The molecular formula is C26H26F6N2O6S. The topological polar surface area (TPSA) is 113 Å². The van der Waals surface area contributed by atoms with Crippen molar-refractivity contribution in [3.05, 3.63) is 59.2 Å². The number of aliphatic hydroxyl groups is 1. The van der Waals surface area contributed by atoms with Gasteiger partial charge in [-0.15, -0.1) is 0 Å². The molecule has 0 saturated heterocycles. The number of carbonyl (C=O) groups excluding carboxylic acids is 2. The van der Waals surface area contributed by atoms with Crippen molar-refractivity contribution in [2.75, 3.05) is 5.32 Å². The zero-order chi connectivity index (χ0) is 30.8. The van der Waals surface area contributed by atoms with Crippen LogP contribution in [0.1, 0.15) is 56.3 Å². The zero-order valence-corrected chi connectivity index (χ0v) is 22.7. The van der Waals surface area contributed by atoms with Gasteiger partial charge in [0.05, 0.1) is 16.7 Å². The van der Waals surface area contributed by atoms with Gasteiger partial charge in [0.2, 0.25) is 0 Å². The van der Waals surface area contributed by atoms with E-state index in [1.165, 1.54) is 18.2 Å². The molecule has 2 aliphatic rings. The number of anilines is 1. The van der Waals surface area contributed by atoms with Gasteiger partial charge < -0.3 is 15.2 Å². The van der Waals surface area contributed by atoms with Crippen LogP contribution in [0.15, 0.2) is 47.4 Å². The van der Waals surface area contributed by atoms with E-state index in [-0.39, 0.29) is 22.7 Å². The molecule has 1 aliphatic heterocycles. The molecule has 4 rings (SSSR count). The van der Waals surface area contributed by atoms with Crippen molar-refractivity contribution < 1.29 is 54.2 Å². The molecule has 0 radical (unpaired) electrons. The quantitative estimate of drug-likeness (QED) is 0.442. The molecule has 1 aliphatic carbocycles. The fourth-order valence-electron chi connectivity index (χ4n) is 4.44. The minimum absolute atomic E-state index is 0.0290. The normalized spacial score (nSPS) is 18.2. The van der Waals surface area contributed by atoms with Crippen LogP contribution < -0.4 is 5.32 Å². The van der Waals surface area contributed by atoms with E-state index < -0.39 is 62.2 Å². The average molecular weight is 609 g/mol. The predicted octanol–water partition coefficient (Wildman–Crippen LogP) is 5.37. The van der Waals surface area contributed by atoms with Crippen molar-refractivity contribution >= 4 is 27.5 Å². The Labute approximate surface area is 231 Å². The second-order valence-electron chi connectivity index (χ2n) is 10.9. The molecule has 224 valence electrons. The molecule has 41 heavy (non-hydrogen) atoms. The van der Waals surface area contributed by atoms with Gasteiger partial charge in [-0.25, -0.2) is 13.2 Å². The molecule has 0 aromatic heterocycles. The fraction of sp³-hybridized carbons (Fsp3) is 0.462. The summed E-state index contributed by atoms with van der Waals surface area (Å²) >= 11 is 0. The number of benzene rings is 2. The van der Waals surface area contributed by atoms with E-state index in [0.29, 0.717) is 30.5 Å². The third-order valence-corrected chi connectivity index (χ3v) is 8.88. The van der Waals surface area contributed by atoms with Gasteiger partial charge in [0, 0.05) is 11.3 Å². The highest BCUT2D eigenvalue weighted by molar-refractivity contribution is 7.92. The van der Waals surface area contributed by atoms with Gasteiger partial charge in [-0.05, 0) is 69.0 Å². The van der Waals surface area contributed by atoms with Gasteiger partial charge in [-0.2, -0.15) is 26.3 Å². The largest absolute Gasteiger partial charge is 0.444 e. The van der Waals surface area contributed by atoms with Gasteiger partial charge in [-0.1, -0.05) is 18.2 Å². The molecule has 1 heterocycles. The van der Waals surface area contributed by atoms with Gasteiger partial charge in [0.25, 0.3) is 11.5 Å². The van der Waals surface area contributed by atoms with Crippen molar-refractivity contribution in [2.24, 2.45) is 0 Å². The van der Waals surface area contributed by atoms with E-state index in [4.69, 9.17) is 4.74 Å². The maximum atomic E-state index is 13.4. The molecule has 2 N–H and O–H groups in total. The van der Waals surface area contributed by atoms with Gasteiger partial charge in [-0.3, -0.25) is 9.69 Å². The number of fused-ring (bicyclic) bond motifs is 1. The van der Waals surface area contributed by atoms with E-state index in [1.807, 2.05) is 0 Å². The standard InChI is InChI=1S/C26H26F6N2O6S/c1-23(2,3)40-22(36)34-13-14-12-18(41(38,39)17-8-9-17)10-11-19(14)20(34)21(35)33-16-6-4-15(5-7-16)24(37,25(27,28)29)26(30,31)32/h4-7,10-12,17,20,37H,8-9,13H2,1-3H3,(H,33,35). The highest BCUT2D eigenvalue weighted by atomic mass is 32.2. The lowest BCUT2D eigenvalue weighted by Crippen LogP contribution is -2.53. The second-order valence-corrected chi connectivity index (χ2v) is 13.1. The lowest BCUT2D eigenvalue weighted by molar-refractivity contribution is -0.376. The van der Waals surface area contributed by atoms with Crippen LogP contribution in [0.5, 0.6) is 0 Å². The fourth-order valence-corrected chi connectivity index (χ4v) is 6.15. The SMILES string of the molecule is CC(C)(C)OC(=O)N1Cc2cc(S(=O)(=O)C3CC3)ccc2C1C(=O)Nc1ccc(C(O)(C(F)(F)F)C(F)(F)F)cc1. The summed E-state index contributed by atoms with van der Waals surface area (Å²) < 4.78 is 110. The van der Waals surface area contributed by atoms with Crippen molar-refractivity contribution in [3.8, 4) is 0 Å². The summed E-state index contributed by atoms with van der Waals surface area (Å²) in [6.45, 7) is 4.58. The smallest absolute Gasteiger partial charge is 0.430 e. The minimum atomic E-state index is -6.08. The summed E-state index contributed by atoms with van der Waals surface area (Å²) in [5.74, 6) is -0.887. The predicted molar refractivity (Wildman–Crippen MR) is 132 cm³/mol. The van der Waals surface area contributed by atoms with Crippen LogP contribution >= 0.6 is 0 Å². The first-order chi connectivity index (χ1) is 18.7. The number of carbonyl (C=O) groups is 2. The lowest BCUT2D eigenvalue weighted by atomic mass is 9.92. The molecule has 0 bridgehead atoms. The molecule has 8 nitrogen and oxygen atoms in total. The van der Waals surface area contributed by atoms with Crippen LogP contribution in [-0.2, 0) is 31.5 Å². The monoisotopic (exact) mass is 608 g/mol. The first-order valence-electron chi connectivity index (χ1n) is 12.3. The molecule has 2 aromatic carbocycles. The van der Waals surface area contributed by atoms with Crippen molar-refractivity contribution in [2.45, 2.75) is 79.9 Å². The first kappa shape index (κ1) is 30.6. The Morgan fingerprint density at radius 1 is 0.951 bits per heavy atom. The maximum absolute atomic E-state index is 13.4. The summed E-state index contributed by atoms with van der Waals surface area (Å²) in [4.78, 5) is 27.4. The van der Waals surface area contributed by atoms with Crippen LogP contribution in [0.4, 0.5) is 36.8 Å². The molecule has 1 fully saturated rings. The number of amides is 2. The van der Waals surface area contributed by atoms with Gasteiger partial charge >= 0.3 is 18.4 Å². The van der Waals surface area contributed by atoms with E-state index in [2.05, 4.69) is 5.32 Å². The van der Waals surface area contributed by atoms with E-state index in [1.54, 1.807) is 20.8 Å². The molecule has 1 atom stereocenters. The molecule has 1 unspecified atom stereocenters. The number of halogens is 6. The van der Waals surface area contributed by atoms with Crippen LogP contribution in [0, 0.1) is 0 Å². The third kappa shape index (κ3) is 5.73. The molecule has 2 amide bonds. The molecule has 0 spiro atoms. The highest BCUT2D eigenvalue weighted by Crippen LogP contribution is 2.50. The Kier molecular flexibility index (Phi) is 7.39. The Balaban J connectivity index is 1.65. The zero-order valence-electron chi connectivity index (χ0n) is 21.9. The average Bonchev–Trinajstić information content (AvgIpc) is 3.62. The Hall–Kier alpha value is -3.33. The summed E-state index contributed by atoms with van der Waals surface area (Å²) in [7, 11) is -3.59. The number of nitrogens with one attached hydrogen (secondary N) is 1. The lowest BCUT2D eigenvalue weighted by Gasteiger charge is -2.32. The van der Waals surface area contributed by atoms with Crippen LogP contribution in [0.3, 0.4) is 0 Å². The van der Waals surface area contributed by atoms with Crippen LogP contribution in [0.2, 0.25) is 0 Å². The molecule has 1 saturated carbocycles. The van der Waals surface area contributed by atoms with Crippen molar-refractivity contribution in [1.29, 1.82) is 0 Å². The first-order valence-corrected chi connectivity index (χ1v) is 13.8. The second kappa shape index (κ2) is 9.89. The number of ether oxygens (including phenoxy) is 1. The van der Waals surface area contributed by atoms with Gasteiger partial charge in [0.15, 0.2) is 9.84 Å². The Morgan fingerprint density at radius 2 is 1.51 bits per heavy atom. The molecule has 2 aromatic rings. The number of alkyl halides is 6. The number of hydrogen-bond donors (Lipinski definition) is 2. The third-order valence-electron chi connectivity index (χ3n) is 6.62. The molecule has 15 heteroatoms. The summed E-state index contributed by atoms with van der Waals surface area (Å²) in [5.41, 5.74) is -7.22. The van der Waals surface area contributed by atoms with Crippen molar-refractivity contribution in [1.82, 2.24) is 4.90 Å². The minimum Gasteiger partial charge on any atom is -0.444 e. The number of hydrogen-bond acceptors (Lipinski definition) is 6. The van der Waals surface area contributed by atoms with E-state index in [9.17, 15) is 49.5 Å². The highest BCUT2D eigenvalue weighted by Gasteiger charge is 2.71. The Bertz CT molecular complexity index is 1450. The summed E-state index contributed by atoms with van der Waals surface area (Å²) in [5, 5.41) is 11.4. The maximum Gasteiger partial charge on any atom is 0.430 e.